The van der Waals surface area contributed by atoms with Crippen LogP contribution in [-0.2, 0) is 6.18 Å². The minimum absolute atomic E-state index is 0.234. The SMILES string of the molecule is N#Cc1ccc(N2CCN(C(=S)Nc3ccc(Cl)c(C(F)(F)F)c3)CC2)nc1. The molecule has 0 radical (unpaired) electrons. The zero-order chi connectivity index (χ0) is 20.3. The molecule has 2 aromatic rings. The molecule has 0 spiro atoms. The van der Waals surface area contributed by atoms with Crippen LogP contribution in [0, 0.1) is 11.3 Å². The van der Waals surface area contributed by atoms with Crippen LogP contribution in [0.5, 0.6) is 0 Å². The lowest BCUT2D eigenvalue weighted by atomic mass is 10.2. The Morgan fingerprint density at radius 3 is 2.46 bits per heavy atom. The van der Waals surface area contributed by atoms with Gasteiger partial charge in [-0.05, 0) is 42.5 Å². The van der Waals surface area contributed by atoms with Crippen molar-refractivity contribution < 1.29 is 13.2 Å². The zero-order valence-electron chi connectivity index (χ0n) is 14.5. The number of nitrogens with zero attached hydrogens (tertiary/aromatic N) is 4. The summed E-state index contributed by atoms with van der Waals surface area (Å²) >= 11 is 11.0. The highest BCUT2D eigenvalue weighted by atomic mass is 35.5. The summed E-state index contributed by atoms with van der Waals surface area (Å²) in [7, 11) is 0. The third-order valence-corrected chi connectivity index (χ3v) is 4.98. The number of pyridine rings is 1. The van der Waals surface area contributed by atoms with Gasteiger partial charge in [0.15, 0.2) is 5.11 Å². The first kappa shape index (κ1) is 20.2. The third kappa shape index (κ3) is 4.64. The Hall–Kier alpha value is -2.57. The van der Waals surface area contributed by atoms with Gasteiger partial charge in [-0.2, -0.15) is 18.4 Å². The molecule has 0 unspecified atom stereocenters. The van der Waals surface area contributed by atoms with Crippen LogP contribution < -0.4 is 10.2 Å². The van der Waals surface area contributed by atoms with E-state index in [4.69, 9.17) is 29.1 Å². The van der Waals surface area contributed by atoms with Gasteiger partial charge in [-0.25, -0.2) is 4.98 Å². The van der Waals surface area contributed by atoms with E-state index in [1.807, 2.05) is 11.0 Å². The van der Waals surface area contributed by atoms with E-state index in [9.17, 15) is 13.2 Å². The molecule has 1 fully saturated rings. The topological polar surface area (TPSA) is 55.2 Å². The first-order valence-electron chi connectivity index (χ1n) is 8.31. The number of nitriles is 1. The lowest BCUT2D eigenvalue weighted by Gasteiger charge is -2.36. The van der Waals surface area contributed by atoms with Crippen molar-refractivity contribution in [3.8, 4) is 6.07 Å². The number of halogens is 4. The molecule has 10 heteroatoms. The highest BCUT2D eigenvalue weighted by Crippen LogP contribution is 2.36. The Kier molecular flexibility index (Phi) is 5.91. The molecule has 1 aromatic carbocycles. The van der Waals surface area contributed by atoms with Gasteiger partial charge in [-0.1, -0.05) is 11.6 Å². The fourth-order valence-electron chi connectivity index (χ4n) is 2.80. The lowest BCUT2D eigenvalue weighted by molar-refractivity contribution is -0.137. The second-order valence-electron chi connectivity index (χ2n) is 6.11. The largest absolute Gasteiger partial charge is 0.417 e. The Morgan fingerprint density at radius 2 is 1.89 bits per heavy atom. The van der Waals surface area contributed by atoms with Crippen molar-refractivity contribution in [2.24, 2.45) is 0 Å². The van der Waals surface area contributed by atoms with Crippen LogP contribution in [0.3, 0.4) is 0 Å². The van der Waals surface area contributed by atoms with Gasteiger partial charge in [0.25, 0.3) is 0 Å². The normalized spacial score (nSPS) is 14.5. The summed E-state index contributed by atoms with van der Waals surface area (Å²) in [6, 6.07) is 9.13. The lowest BCUT2D eigenvalue weighted by Crippen LogP contribution is -2.50. The molecule has 0 amide bonds. The first-order valence-corrected chi connectivity index (χ1v) is 9.10. The van der Waals surface area contributed by atoms with E-state index in [-0.39, 0.29) is 10.7 Å². The van der Waals surface area contributed by atoms with Crippen molar-refractivity contribution in [1.29, 1.82) is 5.26 Å². The number of anilines is 2. The average Bonchev–Trinajstić information content (AvgIpc) is 2.69. The Labute approximate surface area is 170 Å². The predicted octanol–water partition coefficient (Wildman–Crippen LogP) is 4.14. The molecule has 0 bridgehead atoms. The maximum Gasteiger partial charge on any atom is 0.417 e. The number of benzene rings is 1. The molecule has 5 nitrogen and oxygen atoms in total. The minimum Gasteiger partial charge on any atom is -0.353 e. The predicted molar refractivity (Wildman–Crippen MR) is 105 cm³/mol. The molecule has 2 heterocycles. The van der Waals surface area contributed by atoms with Crippen LogP contribution >= 0.6 is 23.8 Å². The third-order valence-electron chi connectivity index (χ3n) is 4.29. The highest BCUT2D eigenvalue weighted by Gasteiger charge is 2.33. The van der Waals surface area contributed by atoms with Gasteiger partial charge >= 0.3 is 6.18 Å². The number of aromatic nitrogens is 1. The van der Waals surface area contributed by atoms with Gasteiger partial charge in [0.1, 0.15) is 11.9 Å². The van der Waals surface area contributed by atoms with E-state index in [1.54, 1.807) is 12.1 Å². The molecule has 1 aliphatic rings. The molecule has 1 aliphatic heterocycles. The molecule has 1 N–H and O–H groups in total. The Bertz CT molecular complexity index is 903. The summed E-state index contributed by atoms with van der Waals surface area (Å²) in [6.07, 6.45) is -3.01. The molecular weight excluding hydrogens is 411 g/mol. The maximum atomic E-state index is 13.0. The monoisotopic (exact) mass is 425 g/mol. The summed E-state index contributed by atoms with van der Waals surface area (Å²) < 4.78 is 39.0. The summed E-state index contributed by atoms with van der Waals surface area (Å²) in [5.74, 6) is 0.769. The van der Waals surface area contributed by atoms with Crippen LogP contribution in [0.1, 0.15) is 11.1 Å². The van der Waals surface area contributed by atoms with Crippen molar-refractivity contribution in [1.82, 2.24) is 9.88 Å². The molecule has 146 valence electrons. The highest BCUT2D eigenvalue weighted by molar-refractivity contribution is 7.80. The second-order valence-corrected chi connectivity index (χ2v) is 6.91. The zero-order valence-corrected chi connectivity index (χ0v) is 16.1. The molecule has 28 heavy (non-hydrogen) atoms. The fourth-order valence-corrected chi connectivity index (χ4v) is 3.33. The van der Waals surface area contributed by atoms with Crippen molar-refractivity contribution in [3.63, 3.8) is 0 Å². The van der Waals surface area contributed by atoms with Gasteiger partial charge < -0.3 is 15.1 Å². The quantitative estimate of drug-likeness (QED) is 0.730. The Morgan fingerprint density at radius 1 is 1.18 bits per heavy atom. The number of piperazine rings is 1. The van der Waals surface area contributed by atoms with Crippen molar-refractivity contribution in [3.05, 3.63) is 52.7 Å². The van der Waals surface area contributed by atoms with Crippen LogP contribution in [0.4, 0.5) is 24.7 Å². The molecular formula is C18H15ClF3N5S. The number of thiocarbonyl (C=S) groups is 1. The van der Waals surface area contributed by atoms with Crippen molar-refractivity contribution >= 4 is 40.4 Å². The van der Waals surface area contributed by atoms with Gasteiger partial charge in [0.05, 0.1) is 16.1 Å². The van der Waals surface area contributed by atoms with Crippen LogP contribution in [-0.4, -0.2) is 41.2 Å². The van der Waals surface area contributed by atoms with E-state index in [2.05, 4.69) is 15.2 Å². The number of rotatable bonds is 2. The van der Waals surface area contributed by atoms with E-state index in [0.29, 0.717) is 36.9 Å². The number of alkyl halides is 3. The minimum atomic E-state index is -4.53. The molecule has 1 saturated heterocycles. The van der Waals surface area contributed by atoms with Crippen LogP contribution in [0.15, 0.2) is 36.5 Å². The number of hydrogen-bond donors (Lipinski definition) is 1. The van der Waals surface area contributed by atoms with E-state index in [1.165, 1.54) is 18.3 Å². The number of nitrogens with one attached hydrogen (secondary N) is 1. The van der Waals surface area contributed by atoms with E-state index in [0.717, 1.165) is 11.9 Å². The fraction of sp³-hybridized carbons (Fsp3) is 0.278. The summed E-state index contributed by atoms with van der Waals surface area (Å²) in [4.78, 5) is 8.22. The average molecular weight is 426 g/mol. The molecule has 0 atom stereocenters. The molecule has 1 aromatic heterocycles. The summed E-state index contributed by atoms with van der Waals surface area (Å²) in [6.45, 7) is 2.48. The van der Waals surface area contributed by atoms with Crippen LogP contribution in [0.2, 0.25) is 5.02 Å². The summed E-state index contributed by atoms with van der Waals surface area (Å²) in [5, 5.41) is 11.7. The molecule has 3 rings (SSSR count). The first-order chi connectivity index (χ1) is 13.3. The van der Waals surface area contributed by atoms with E-state index < -0.39 is 11.7 Å². The van der Waals surface area contributed by atoms with Crippen molar-refractivity contribution in [2.45, 2.75) is 6.18 Å². The van der Waals surface area contributed by atoms with Gasteiger partial charge in [0.2, 0.25) is 0 Å². The van der Waals surface area contributed by atoms with Gasteiger partial charge in [-0.15, -0.1) is 0 Å². The van der Waals surface area contributed by atoms with Gasteiger partial charge in [-0.3, -0.25) is 0 Å². The molecule has 0 aliphatic carbocycles. The summed E-state index contributed by atoms with van der Waals surface area (Å²) in [5.41, 5.74) is -0.175. The van der Waals surface area contributed by atoms with Crippen molar-refractivity contribution in [2.75, 3.05) is 36.4 Å². The second kappa shape index (κ2) is 8.20. The smallest absolute Gasteiger partial charge is 0.353 e. The number of hydrogen-bond acceptors (Lipinski definition) is 4. The van der Waals surface area contributed by atoms with E-state index >= 15 is 0 Å². The van der Waals surface area contributed by atoms with Gasteiger partial charge in [0, 0.05) is 38.1 Å². The maximum absolute atomic E-state index is 13.0. The van der Waals surface area contributed by atoms with Crippen LogP contribution in [0.25, 0.3) is 0 Å². The molecule has 0 saturated carbocycles. The standard InChI is InChI=1S/C18H15ClF3N5S/c19-15-3-2-13(9-14(15)18(20,21)22)25-17(28)27-7-5-26(6-8-27)16-4-1-12(10-23)11-24-16/h1-4,9,11H,5-8H2,(H,25,28). The Balaban J connectivity index is 1.60.